The number of carbonyl (C=O) groups excluding carboxylic acids is 1. The van der Waals surface area contributed by atoms with Gasteiger partial charge in [-0.2, -0.15) is 0 Å². The van der Waals surface area contributed by atoms with E-state index in [0.29, 0.717) is 12.2 Å². The van der Waals surface area contributed by atoms with Crippen molar-refractivity contribution in [3.8, 4) is 11.3 Å². The highest BCUT2D eigenvalue weighted by Gasteiger charge is 2.36. The van der Waals surface area contributed by atoms with Crippen molar-refractivity contribution in [3.63, 3.8) is 0 Å². The van der Waals surface area contributed by atoms with Crippen molar-refractivity contribution in [1.82, 2.24) is 4.98 Å². The number of thiophene rings is 1. The van der Waals surface area contributed by atoms with Crippen molar-refractivity contribution in [3.05, 3.63) is 40.1 Å². The first-order valence-electron chi connectivity index (χ1n) is 9.18. The molecule has 0 saturated carbocycles. The Bertz CT molecular complexity index is 987. The minimum Gasteiger partial charge on any atom is -0.549 e. The standard InChI is InChI=1S/C21H23NO3S/c1-4-10-21(3,20(23)24)18-12(2)22-19-16(13-7-5-9-15(13)26-19)17(18)14-8-6-11-25-14/h6,8,11H,4-5,7,9-10H2,1-3H3,(H,23,24)/p-1. The Hall–Kier alpha value is -2.14. The summed E-state index contributed by atoms with van der Waals surface area (Å²) in [5.41, 5.74) is 2.62. The molecule has 1 aliphatic carbocycles. The van der Waals surface area contributed by atoms with Crippen LogP contribution in [0.4, 0.5) is 0 Å². The van der Waals surface area contributed by atoms with Gasteiger partial charge in [-0.15, -0.1) is 11.3 Å². The van der Waals surface area contributed by atoms with E-state index in [0.717, 1.165) is 52.7 Å². The number of fused-ring (bicyclic) bond motifs is 3. The third kappa shape index (κ3) is 2.41. The van der Waals surface area contributed by atoms with Crippen LogP contribution in [0.5, 0.6) is 0 Å². The number of rotatable bonds is 5. The van der Waals surface area contributed by atoms with E-state index in [-0.39, 0.29) is 0 Å². The first kappa shape index (κ1) is 17.3. The van der Waals surface area contributed by atoms with Gasteiger partial charge in [-0.3, -0.25) is 0 Å². The molecule has 0 saturated heterocycles. The average molecular weight is 368 g/mol. The molecule has 0 amide bonds. The summed E-state index contributed by atoms with van der Waals surface area (Å²) < 4.78 is 5.77. The lowest BCUT2D eigenvalue weighted by Gasteiger charge is -2.34. The zero-order chi connectivity index (χ0) is 18.5. The van der Waals surface area contributed by atoms with Gasteiger partial charge in [0.05, 0.1) is 12.2 Å². The second kappa shape index (κ2) is 6.23. The molecule has 4 nitrogen and oxygen atoms in total. The molecule has 0 radical (unpaired) electrons. The molecule has 3 aromatic rings. The molecular weight excluding hydrogens is 346 g/mol. The molecule has 3 aromatic heterocycles. The summed E-state index contributed by atoms with van der Waals surface area (Å²) in [5, 5.41) is 13.3. The lowest BCUT2D eigenvalue weighted by molar-refractivity contribution is -0.313. The van der Waals surface area contributed by atoms with Crippen molar-refractivity contribution in [2.45, 2.75) is 58.3 Å². The van der Waals surface area contributed by atoms with Crippen molar-refractivity contribution in [2.75, 3.05) is 0 Å². The maximum absolute atomic E-state index is 12.2. The highest BCUT2D eigenvalue weighted by Crippen LogP contribution is 2.47. The van der Waals surface area contributed by atoms with Crippen molar-refractivity contribution >= 4 is 27.5 Å². The van der Waals surface area contributed by atoms with Crippen LogP contribution in [0.25, 0.3) is 21.5 Å². The number of aryl methyl sites for hydroxylation is 3. The van der Waals surface area contributed by atoms with Gasteiger partial charge in [0.25, 0.3) is 0 Å². The number of furan rings is 1. The van der Waals surface area contributed by atoms with Crippen molar-refractivity contribution in [1.29, 1.82) is 0 Å². The van der Waals surface area contributed by atoms with Gasteiger partial charge in [0.2, 0.25) is 0 Å². The SMILES string of the molecule is CCCC(C)(C(=O)[O-])c1c(C)nc2sc3c(c2c1-c1ccco1)CCC3. The van der Waals surface area contributed by atoms with Crippen LogP contribution >= 0.6 is 11.3 Å². The molecule has 1 aliphatic rings. The Morgan fingerprint density at radius 3 is 2.88 bits per heavy atom. The first-order chi connectivity index (χ1) is 12.5. The Morgan fingerprint density at radius 1 is 1.42 bits per heavy atom. The topological polar surface area (TPSA) is 66.2 Å². The molecule has 0 spiro atoms. The van der Waals surface area contributed by atoms with Gasteiger partial charge in [-0.05, 0) is 55.9 Å². The van der Waals surface area contributed by atoms with E-state index in [2.05, 4.69) is 0 Å². The molecule has 4 rings (SSSR count). The summed E-state index contributed by atoms with van der Waals surface area (Å²) in [4.78, 5) is 19.4. The lowest BCUT2D eigenvalue weighted by atomic mass is 9.74. The second-order valence-corrected chi connectivity index (χ2v) is 8.42. The Labute approximate surface area is 156 Å². The van der Waals surface area contributed by atoms with Crippen molar-refractivity contribution in [2.24, 2.45) is 0 Å². The zero-order valence-corrected chi connectivity index (χ0v) is 16.2. The first-order valence-corrected chi connectivity index (χ1v) is 9.99. The smallest absolute Gasteiger partial charge is 0.134 e. The van der Waals surface area contributed by atoms with Gasteiger partial charge in [0, 0.05) is 26.9 Å². The Balaban J connectivity index is 2.14. The fourth-order valence-electron chi connectivity index (χ4n) is 4.41. The number of hydrogen-bond donors (Lipinski definition) is 0. The van der Waals surface area contributed by atoms with Gasteiger partial charge in [0.15, 0.2) is 0 Å². The third-order valence-corrected chi connectivity index (χ3v) is 6.74. The molecular formula is C21H22NO3S-. The predicted molar refractivity (Wildman–Crippen MR) is 101 cm³/mol. The molecule has 3 heterocycles. The molecule has 1 unspecified atom stereocenters. The fourth-order valence-corrected chi connectivity index (χ4v) is 5.73. The Kier molecular flexibility index (Phi) is 4.14. The molecule has 0 aliphatic heterocycles. The summed E-state index contributed by atoms with van der Waals surface area (Å²) in [6.07, 6.45) is 6.14. The maximum atomic E-state index is 12.2. The minimum atomic E-state index is -1.10. The van der Waals surface area contributed by atoms with E-state index in [1.54, 1.807) is 24.5 Å². The summed E-state index contributed by atoms with van der Waals surface area (Å²) in [6.45, 7) is 5.67. The number of aliphatic carboxylic acids is 1. The highest BCUT2D eigenvalue weighted by molar-refractivity contribution is 7.19. The second-order valence-electron chi connectivity index (χ2n) is 7.33. The van der Waals surface area contributed by atoms with Gasteiger partial charge in [-0.25, -0.2) is 4.98 Å². The summed E-state index contributed by atoms with van der Waals surface area (Å²) in [7, 11) is 0. The van der Waals surface area contributed by atoms with Crippen LogP contribution in [0.2, 0.25) is 0 Å². The van der Waals surface area contributed by atoms with Gasteiger partial charge < -0.3 is 14.3 Å². The van der Waals surface area contributed by atoms with Crippen LogP contribution in [0.15, 0.2) is 22.8 Å². The highest BCUT2D eigenvalue weighted by atomic mass is 32.1. The van der Waals surface area contributed by atoms with Crippen LogP contribution in [0.3, 0.4) is 0 Å². The molecule has 0 fully saturated rings. The molecule has 1 atom stereocenters. The number of carboxylic acids is 1. The number of carbonyl (C=O) groups is 1. The van der Waals surface area contributed by atoms with Gasteiger partial charge in [-0.1, -0.05) is 20.3 Å². The number of nitrogens with zero attached hydrogens (tertiary/aromatic N) is 1. The minimum absolute atomic E-state index is 0.503. The van der Waals surface area contributed by atoms with Crippen LogP contribution in [-0.4, -0.2) is 11.0 Å². The molecule has 5 heteroatoms. The fraction of sp³-hybridized carbons (Fsp3) is 0.429. The summed E-state index contributed by atoms with van der Waals surface area (Å²) in [5.74, 6) is -0.338. The molecule has 0 N–H and O–H groups in total. The summed E-state index contributed by atoms with van der Waals surface area (Å²) >= 11 is 1.74. The monoisotopic (exact) mass is 368 g/mol. The molecule has 136 valence electrons. The summed E-state index contributed by atoms with van der Waals surface area (Å²) in [6, 6.07) is 3.77. The average Bonchev–Trinajstić information content (AvgIpc) is 3.30. The number of carboxylic acid groups (broad SMARTS) is 1. The normalized spacial score (nSPS) is 16.0. The molecule has 0 aromatic carbocycles. The number of aromatic nitrogens is 1. The van der Waals surface area contributed by atoms with E-state index in [1.165, 1.54) is 10.4 Å². The van der Waals surface area contributed by atoms with Gasteiger partial charge >= 0.3 is 0 Å². The van der Waals surface area contributed by atoms with E-state index in [4.69, 9.17) is 9.40 Å². The third-order valence-electron chi connectivity index (χ3n) is 5.55. The number of hydrogen-bond acceptors (Lipinski definition) is 5. The lowest BCUT2D eigenvalue weighted by Crippen LogP contribution is -2.44. The molecule has 0 bridgehead atoms. The van der Waals surface area contributed by atoms with E-state index in [1.807, 2.05) is 26.0 Å². The van der Waals surface area contributed by atoms with Crippen LogP contribution in [-0.2, 0) is 23.1 Å². The zero-order valence-electron chi connectivity index (χ0n) is 15.3. The molecule has 26 heavy (non-hydrogen) atoms. The maximum Gasteiger partial charge on any atom is 0.134 e. The number of pyridine rings is 1. The van der Waals surface area contributed by atoms with Crippen LogP contribution < -0.4 is 5.11 Å². The Morgan fingerprint density at radius 2 is 2.23 bits per heavy atom. The van der Waals surface area contributed by atoms with E-state index in [9.17, 15) is 9.90 Å². The van der Waals surface area contributed by atoms with Crippen molar-refractivity contribution < 1.29 is 14.3 Å². The van der Waals surface area contributed by atoms with Gasteiger partial charge in [0.1, 0.15) is 10.6 Å². The van der Waals surface area contributed by atoms with E-state index >= 15 is 0 Å². The largest absolute Gasteiger partial charge is 0.549 e. The van der Waals surface area contributed by atoms with Crippen LogP contribution in [0, 0.1) is 6.92 Å². The predicted octanol–water partition coefficient (Wildman–Crippen LogP) is 4.16. The van der Waals surface area contributed by atoms with Crippen LogP contribution in [0.1, 0.15) is 54.8 Å². The quantitative estimate of drug-likeness (QED) is 0.678. The van der Waals surface area contributed by atoms with E-state index < -0.39 is 11.4 Å².